The largest absolute Gasteiger partial charge is 0.497 e. The fraction of sp³-hybridized carbons (Fsp3) is 0.250. The second-order valence-corrected chi connectivity index (χ2v) is 4.28. The molecule has 0 saturated heterocycles. The number of nitrogens with two attached hydrogens (primary N) is 1. The number of ether oxygens (including phenoxy) is 3. The van der Waals surface area contributed by atoms with Gasteiger partial charge in [0.1, 0.15) is 23.9 Å². The number of para-hydroxylation sites is 1. The quantitative estimate of drug-likeness (QED) is 0.879. The van der Waals surface area contributed by atoms with Gasteiger partial charge in [-0.05, 0) is 24.3 Å². The van der Waals surface area contributed by atoms with E-state index in [9.17, 15) is 0 Å². The van der Waals surface area contributed by atoms with Crippen LogP contribution in [0.15, 0.2) is 42.5 Å². The van der Waals surface area contributed by atoms with E-state index in [2.05, 4.69) is 0 Å². The van der Waals surface area contributed by atoms with Crippen molar-refractivity contribution in [3.8, 4) is 17.2 Å². The van der Waals surface area contributed by atoms with Crippen molar-refractivity contribution in [2.75, 3.05) is 14.2 Å². The molecule has 106 valence electrons. The Hall–Kier alpha value is -2.20. The summed E-state index contributed by atoms with van der Waals surface area (Å²) in [7, 11) is 3.28. The number of rotatable bonds is 6. The number of hydrogen-bond acceptors (Lipinski definition) is 4. The topological polar surface area (TPSA) is 53.7 Å². The van der Waals surface area contributed by atoms with Gasteiger partial charge >= 0.3 is 0 Å². The van der Waals surface area contributed by atoms with Crippen molar-refractivity contribution in [2.45, 2.75) is 13.2 Å². The summed E-state index contributed by atoms with van der Waals surface area (Å²) in [4.78, 5) is 0. The fourth-order valence-corrected chi connectivity index (χ4v) is 1.96. The van der Waals surface area contributed by atoms with Crippen molar-refractivity contribution in [1.82, 2.24) is 0 Å². The molecule has 0 bridgehead atoms. The van der Waals surface area contributed by atoms with Crippen LogP contribution >= 0.6 is 0 Å². The lowest BCUT2D eigenvalue weighted by atomic mass is 10.2. The molecule has 2 N–H and O–H groups in total. The van der Waals surface area contributed by atoms with Gasteiger partial charge in [0.25, 0.3) is 0 Å². The maximum absolute atomic E-state index is 5.84. The molecule has 20 heavy (non-hydrogen) atoms. The van der Waals surface area contributed by atoms with E-state index in [1.165, 1.54) is 0 Å². The van der Waals surface area contributed by atoms with E-state index < -0.39 is 0 Å². The van der Waals surface area contributed by atoms with Gasteiger partial charge in [-0.2, -0.15) is 0 Å². The van der Waals surface area contributed by atoms with E-state index in [1.54, 1.807) is 14.2 Å². The average molecular weight is 273 g/mol. The highest BCUT2D eigenvalue weighted by atomic mass is 16.5. The van der Waals surface area contributed by atoms with Gasteiger partial charge in [0.15, 0.2) is 0 Å². The minimum atomic E-state index is 0.401. The third kappa shape index (κ3) is 3.22. The van der Waals surface area contributed by atoms with E-state index in [4.69, 9.17) is 19.9 Å². The molecule has 0 amide bonds. The molecule has 2 rings (SSSR count). The highest BCUT2D eigenvalue weighted by molar-refractivity contribution is 5.41. The standard InChI is InChI=1S/C16H19NO3/c1-18-14-7-8-16(13(9-14)10-17)20-11-12-5-3-4-6-15(12)19-2/h3-9H,10-11,17H2,1-2H3. The minimum Gasteiger partial charge on any atom is -0.497 e. The summed E-state index contributed by atoms with van der Waals surface area (Å²) in [6.07, 6.45) is 0. The van der Waals surface area contributed by atoms with Crippen LogP contribution in [0.4, 0.5) is 0 Å². The highest BCUT2D eigenvalue weighted by Gasteiger charge is 2.07. The first-order chi connectivity index (χ1) is 9.78. The zero-order chi connectivity index (χ0) is 14.4. The third-order valence-electron chi connectivity index (χ3n) is 3.06. The Kier molecular flexibility index (Phi) is 4.85. The second-order valence-electron chi connectivity index (χ2n) is 4.28. The van der Waals surface area contributed by atoms with Gasteiger partial charge < -0.3 is 19.9 Å². The van der Waals surface area contributed by atoms with Crippen molar-refractivity contribution in [2.24, 2.45) is 5.73 Å². The van der Waals surface area contributed by atoms with Gasteiger partial charge in [-0.1, -0.05) is 18.2 Å². The minimum absolute atomic E-state index is 0.401. The van der Waals surface area contributed by atoms with Crippen LogP contribution in [-0.4, -0.2) is 14.2 Å². The van der Waals surface area contributed by atoms with Crippen molar-refractivity contribution in [1.29, 1.82) is 0 Å². The summed E-state index contributed by atoms with van der Waals surface area (Å²) in [6.45, 7) is 0.835. The molecular formula is C16H19NO3. The lowest BCUT2D eigenvalue weighted by Gasteiger charge is -2.13. The molecule has 0 unspecified atom stereocenters. The number of methoxy groups -OCH3 is 2. The Bertz CT molecular complexity index is 569. The molecule has 0 fully saturated rings. The van der Waals surface area contributed by atoms with Crippen molar-refractivity contribution < 1.29 is 14.2 Å². The van der Waals surface area contributed by atoms with Gasteiger partial charge in [-0.15, -0.1) is 0 Å². The summed E-state index contributed by atoms with van der Waals surface area (Å²) >= 11 is 0. The lowest BCUT2D eigenvalue weighted by molar-refractivity contribution is 0.293. The SMILES string of the molecule is COc1ccc(OCc2ccccc2OC)c(CN)c1. The van der Waals surface area contributed by atoms with Crippen molar-refractivity contribution in [3.05, 3.63) is 53.6 Å². The molecule has 0 aliphatic carbocycles. The predicted molar refractivity (Wildman–Crippen MR) is 78.2 cm³/mol. The number of hydrogen-bond donors (Lipinski definition) is 1. The molecule has 0 aliphatic heterocycles. The molecule has 2 aromatic rings. The zero-order valence-corrected chi connectivity index (χ0v) is 11.8. The van der Waals surface area contributed by atoms with Crippen LogP contribution in [0.25, 0.3) is 0 Å². The summed E-state index contributed by atoms with van der Waals surface area (Å²) < 4.78 is 16.3. The molecular weight excluding hydrogens is 254 g/mol. The van der Waals surface area contributed by atoms with Gasteiger partial charge in [0, 0.05) is 17.7 Å². The normalized spacial score (nSPS) is 10.2. The van der Waals surface area contributed by atoms with Crippen molar-refractivity contribution in [3.63, 3.8) is 0 Å². The molecule has 0 radical (unpaired) electrons. The fourth-order valence-electron chi connectivity index (χ4n) is 1.96. The third-order valence-corrected chi connectivity index (χ3v) is 3.06. The van der Waals surface area contributed by atoms with Crippen molar-refractivity contribution >= 4 is 0 Å². The molecule has 0 saturated carbocycles. The van der Waals surface area contributed by atoms with E-state index in [1.807, 2.05) is 42.5 Å². The summed E-state index contributed by atoms with van der Waals surface area (Å²) in [5.74, 6) is 2.35. The highest BCUT2D eigenvalue weighted by Crippen LogP contribution is 2.26. The van der Waals surface area contributed by atoms with Crippen LogP contribution in [0, 0.1) is 0 Å². The van der Waals surface area contributed by atoms with E-state index in [-0.39, 0.29) is 0 Å². The van der Waals surface area contributed by atoms with Gasteiger partial charge in [-0.25, -0.2) is 0 Å². The van der Waals surface area contributed by atoms with E-state index >= 15 is 0 Å². The van der Waals surface area contributed by atoms with E-state index in [0.29, 0.717) is 13.2 Å². The summed E-state index contributed by atoms with van der Waals surface area (Å²) in [5, 5.41) is 0. The predicted octanol–water partition coefficient (Wildman–Crippen LogP) is 2.74. The van der Waals surface area contributed by atoms with Crippen LogP contribution < -0.4 is 19.9 Å². The van der Waals surface area contributed by atoms with Crippen LogP contribution in [0.3, 0.4) is 0 Å². The Balaban J connectivity index is 2.14. The molecule has 0 heterocycles. The maximum atomic E-state index is 5.84. The monoisotopic (exact) mass is 273 g/mol. The molecule has 0 aliphatic rings. The molecule has 4 heteroatoms. The summed E-state index contributed by atoms with van der Waals surface area (Å²) in [6, 6.07) is 13.4. The smallest absolute Gasteiger partial charge is 0.125 e. The van der Waals surface area contributed by atoms with Crippen LogP contribution in [0.1, 0.15) is 11.1 Å². The first kappa shape index (κ1) is 14.2. The molecule has 0 atom stereocenters. The van der Waals surface area contributed by atoms with Gasteiger partial charge in [0.2, 0.25) is 0 Å². The molecule has 0 spiro atoms. The Morgan fingerprint density at radius 3 is 2.40 bits per heavy atom. The lowest BCUT2D eigenvalue weighted by Crippen LogP contribution is -2.04. The van der Waals surface area contributed by atoms with Crippen LogP contribution in [-0.2, 0) is 13.2 Å². The second kappa shape index (κ2) is 6.82. The molecule has 4 nitrogen and oxygen atoms in total. The van der Waals surface area contributed by atoms with Gasteiger partial charge in [0.05, 0.1) is 14.2 Å². The van der Waals surface area contributed by atoms with Crippen LogP contribution in [0.2, 0.25) is 0 Å². The Morgan fingerprint density at radius 2 is 1.70 bits per heavy atom. The van der Waals surface area contributed by atoms with Gasteiger partial charge in [-0.3, -0.25) is 0 Å². The van der Waals surface area contributed by atoms with Crippen LogP contribution in [0.5, 0.6) is 17.2 Å². The Morgan fingerprint density at radius 1 is 0.900 bits per heavy atom. The summed E-state index contributed by atoms with van der Waals surface area (Å²) in [5.41, 5.74) is 7.65. The maximum Gasteiger partial charge on any atom is 0.125 e. The van der Waals surface area contributed by atoms with E-state index in [0.717, 1.165) is 28.4 Å². The number of benzene rings is 2. The first-order valence-electron chi connectivity index (χ1n) is 6.40. The molecule has 0 aromatic heterocycles. The Labute approximate surface area is 119 Å². The first-order valence-corrected chi connectivity index (χ1v) is 6.40. The molecule has 2 aromatic carbocycles. The zero-order valence-electron chi connectivity index (χ0n) is 11.8. The average Bonchev–Trinajstić information content (AvgIpc) is 2.52.